The van der Waals surface area contributed by atoms with Crippen LogP contribution in [0.3, 0.4) is 0 Å². The molecule has 0 aromatic carbocycles. The number of ether oxygens (including phenoxy) is 11. The van der Waals surface area contributed by atoms with Crippen LogP contribution in [0.25, 0.3) is 24.4 Å². The van der Waals surface area contributed by atoms with E-state index >= 15 is 4.39 Å². The summed E-state index contributed by atoms with van der Waals surface area (Å²) in [6.45, 7) is -10.5. The molecule has 0 spiro atoms. The summed E-state index contributed by atoms with van der Waals surface area (Å²) in [5.41, 5.74) is -5.49. The van der Waals surface area contributed by atoms with Gasteiger partial charge in [-0.05, 0) is 20.8 Å². The van der Waals surface area contributed by atoms with Gasteiger partial charge in [0.05, 0.1) is 29.3 Å². The number of rotatable bonds is 23. The zero-order valence-electron chi connectivity index (χ0n) is 50.4. The second kappa shape index (κ2) is 26.9. The van der Waals surface area contributed by atoms with Crippen molar-refractivity contribution in [2.24, 2.45) is 0 Å². The van der Waals surface area contributed by atoms with Crippen molar-refractivity contribution in [3.8, 4) is 54.0 Å². The highest BCUT2D eigenvalue weighted by molar-refractivity contribution is 8.10. The quantitative estimate of drug-likeness (QED) is 0.0378. The molecule has 6 atom stereocenters. The molecule has 3 aromatic rings. The lowest BCUT2D eigenvalue weighted by Crippen LogP contribution is -2.64. The largest absolute Gasteiger partial charge is 0.484 e. The molecule has 0 radical (unpaired) electrons. The molecule has 0 N–H and O–H groups in total. The van der Waals surface area contributed by atoms with E-state index in [1.54, 1.807) is 0 Å². The highest BCUT2D eigenvalue weighted by Gasteiger charge is 2.87. The third-order valence-electron chi connectivity index (χ3n) is 14.7. The maximum Gasteiger partial charge on any atom is 0.460 e. The fourth-order valence-corrected chi connectivity index (χ4v) is 13.8. The van der Waals surface area contributed by atoms with Crippen LogP contribution in [0.2, 0.25) is 0 Å². The molecule has 0 amide bonds. The molecule has 5 aliphatic rings. The third kappa shape index (κ3) is 13.5. The number of allylic oxidation sites excluding steroid dienone is 1. The molecule has 8 rings (SSSR count). The average Bonchev–Trinajstić information content (AvgIpc) is 1.34. The molecular weight excluding hydrogens is 1660 g/mol. The van der Waals surface area contributed by atoms with Crippen molar-refractivity contribution in [2.45, 2.75) is 146 Å². The molecule has 5 aliphatic heterocycles. The predicted molar refractivity (Wildman–Crippen MR) is 276 cm³/mol. The van der Waals surface area contributed by atoms with Gasteiger partial charge in [0.15, 0.2) is 66.0 Å². The van der Waals surface area contributed by atoms with Crippen molar-refractivity contribution in [2.75, 3.05) is 52.9 Å². The number of thioether (sulfide) groups is 1. The Hall–Kier alpha value is -7.11. The number of halogens is 35. The van der Waals surface area contributed by atoms with Gasteiger partial charge in [-0.2, -0.15) is 149 Å². The van der Waals surface area contributed by atoms with Gasteiger partial charge < -0.3 is 52.1 Å². The van der Waals surface area contributed by atoms with E-state index in [4.69, 9.17) is 37.6 Å². The highest BCUT2D eigenvalue weighted by atomic mass is 32.2. The van der Waals surface area contributed by atoms with Crippen molar-refractivity contribution in [1.82, 2.24) is 0 Å². The molecule has 8 heterocycles. The molecule has 16 nitrogen and oxygen atoms in total. The molecule has 0 saturated carbocycles. The van der Waals surface area contributed by atoms with Crippen LogP contribution in [0, 0.1) is 6.92 Å². The van der Waals surface area contributed by atoms with Crippen molar-refractivity contribution in [1.29, 1.82) is 0 Å². The van der Waals surface area contributed by atoms with E-state index in [1.807, 2.05) is 0 Å². The second-order valence-electron chi connectivity index (χ2n) is 22.2. The van der Waals surface area contributed by atoms with Gasteiger partial charge in [-0.15, -0.1) is 45.8 Å². The minimum atomic E-state index is -7.69. The number of fused-ring (bicyclic) bond motifs is 4. The Balaban J connectivity index is 1.23. The SMILES string of the molecule is Cc1sc(-c2sc(-c3sc(C4=C5OCC(COC(=O)[C@@](C)(F)C(F)(F)C(F)(F)C(F)(F)F)[O+]=C5C(C)S4)c4c3OCC(COC(=O)C(F)(F)C(F)(F)C(F)(F)C(F)(F)F)O4)c3c2OCC(COC(=O)C(F)(F)C(F)(F)C(F)(F)C(F)(F)F)O3)c2c1OCC(COC(=O)C(F)(F)C(F)(F)C(F)(F)C(F)(F)F)O2. The number of hydrogen-bond donors (Lipinski definition) is 0. The van der Waals surface area contributed by atoms with Gasteiger partial charge in [0.25, 0.3) is 5.67 Å². The van der Waals surface area contributed by atoms with Gasteiger partial charge in [0.2, 0.25) is 5.76 Å². The number of carbonyl (C=O) groups is 4. The Morgan fingerprint density at radius 1 is 0.377 bits per heavy atom. The molecule has 3 aromatic heterocycles. The van der Waals surface area contributed by atoms with Crippen LogP contribution in [0.4, 0.5) is 154 Å². The van der Waals surface area contributed by atoms with Gasteiger partial charge in [-0.25, -0.2) is 28.0 Å². The minimum Gasteiger partial charge on any atom is -0.484 e. The maximum atomic E-state index is 15.1. The molecule has 55 heteroatoms. The summed E-state index contributed by atoms with van der Waals surface area (Å²) < 4.78 is 543. The van der Waals surface area contributed by atoms with Crippen LogP contribution in [-0.4, -0.2) is 208 Å². The number of aryl methyl sites for hydroxylation is 1. The third-order valence-corrected chi connectivity index (χ3v) is 19.7. The monoisotopic (exact) mass is 1690 g/mol. The summed E-state index contributed by atoms with van der Waals surface area (Å²) in [6, 6.07) is 0. The summed E-state index contributed by atoms with van der Waals surface area (Å²) >= 11 is 1.39. The highest BCUT2D eigenvalue weighted by Crippen LogP contribution is 2.66. The Labute approximate surface area is 576 Å². The zero-order chi connectivity index (χ0) is 80.8. The predicted octanol–water partition coefficient (Wildman–Crippen LogP) is 15.4. The lowest BCUT2D eigenvalue weighted by molar-refractivity contribution is -0.518. The van der Waals surface area contributed by atoms with Crippen molar-refractivity contribution in [3.63, 3.8) is 0 Å². The first-order valence-electron chi connectivity index (χ1n) is 27.4. The number of ketones is 1. The lowest BCUT2D eigenvalue weighted by atomic mass is 9.94. The Bertz CT molecular complexity index is 3970. The van der Waals surface area contributed by atoms with Crippen molar-refractivity contribution >= 4 is 80.3 Å². The van der Waals surface area contributed by atoms with Gasteiger partial charge in [-0.3, -0.25) is 0 Å². The van der Waals surface area contributed by atoms with E-state index < -0.39 is 284 Å². The van der Waals surface area contributed by atoms with Crippen LogP contribution in [-0.2, 0) is 47.3 Å². The Kier molecular flexibility index (Phi) is 21.4. The molecule has 0 saturated heterocycles. The molecule has 598 valence electrons. The van der Waals surface area contributed by atoms with E-state index in [0.29, 0.717) is 23.1 Å². The van der Waals surface area contributed by atoms with Gasteiger partial charge in [0.1, 0.15) is 44.9 Å². The lowest BCUT2D eigenvalue weighted by Gasteiger charge is -2.34. The smallest absolute Gasteiger partial charge is 0.460 e. The molecular formula is C51H30F35O16S4+. The summed E-state index contributed by atoms with van der Waals surface area (Å²) in [6.07, 6.45) is -38.2. The number of hydrogen-bond acceptors (Lipinski definition) is 19. The Morgan fingerprint density at radius 2 is 0.679 bits per heavy atom. The van der Waals surface area contributed by atoms with Crippen LogP contribution in [0.5, 0.6) is 34.5 Å². The van der Waals surface area contributed by atoms with E-state index in [0.717, 1.165) is 13.8 Å². The molecule has 0 bridgehead atoms. The molecule has 0 aliphatic carbocycles. The van der Waals surface area contributed by atoms with E-state index in [-0.39, 0.29) is 27.6 Å². The number of thiophene rings is 3. The first kappa shape index (κ1) is 84.5. The fourth-order valence-electron chi connectivity index (χ4n) is 8.87. The number of carbonyl (C=O) groups excluding carboxylic acids is 5. The summed E-state index contributed by atoms with van der Waals surface area (Å²) in [5.74, 6) is -101. The van der Waals surface area contributed by atoms with Gasteiger partial charge in [-0.1, -0.05) is 0 Å². The van der Waals surface area contributed by atoms with Gasteiger partial charge >= 0.3 is 126 Å². The average molecular weight is 1690 g/mol. The summed E-state index contributed by atoms with van der Waals surface area (Å²) in [5, 5.41) is -1.29. The normalized spacial score (nSPS) is 21.0. The standard InChI is InChI=1S/C51H30F35O16S4/c1-12-18-23(100-15(4-91-18)9-96-33(88)37(53,54)41(61,62)45(69,70)49(78,79)80)29(103-12)27-21-25(102-17(6-93-21)11-98-35(90)39(57,58)43(65,66)47(73,74)51(84,85)86)31(105-27)28-22-24(101-16(7-94-22)10-97-34(89)38(55,56)42(63,64)46(71,72)50(81,82)83)30(106-28)26-20-19(13(2)104-26)99-14(5-92-20)8-95-32(87)36(3,52)40(59,60)44(67,68)48(75,76)77/h13-17H,4-11H2,1-3H3/q+1/t13?,14?,15?,16?,17?,36-/m1/s1. The van der Waals surface area contributed by atoms with Crippen LogP contribution >= 0.6 is 45.8 Å². The summed E-state index contributed by atoms with van der Waals surface area (Å²) in [7, 11) is 0. The van der Waals surface area contributed by atoms with Gasteiger partial charge in [0, 0.05) is 4.88 Å². The fraction of sp³-hybridized carbons (Fsp3) is 0.627. The topological polar surface area (TPSA) is 181 Å². The summed E-state index contributed by atoms with van der Waals surface area (Å²) in [4.78, 5) is 46.0. The second-order valence-corrected chi connectivity index (χ2v) is 26.8. The molecule has 0 fully saturated rings. The Morgan fingerprint density at radius 3 is 1.05 bits per heavy atom. The first-order chi connectivity index (χ1) is 47.7. The van der Waals surface area contributed by atoms with Crippen LogP contribution in [0.1, 0.15) is 23.6 Å². The number of alkyl halides is 35. The van der Waals surface area contributed by atoms with Crippen LogP contribution < -0.4 is 28.4 Å². The minimum absolute atomic E-state index is 0.0779. The van der Waals surface area contributed by atoms with Crippen molar-refractivity contribution < 1.29 is 229 Å². The van der Waals surface area contributed by atoms with E-state index in [2.05, 4.69) is 18.9 Å². The van der Waals surface area contributed by atoms with E-state index in [1.165, 1.54) is 0 Å². The zero-order valence-corrected chi connectivity index (χ0v) is 53.7. The van der Waals surface area contributed by atoms with Crippen molar-refractivity contribution in [3.05, 3.63) is 15.5 Å². The molecule has 5 unspecified atom stereocenters. The first-order valence-corrected chi connectivity index (χ1v) is 30.8. The van der Waals surface area contributed by atoms with Crippen LogP contribution in [0.15, 0.2) is 5.76 Å². The number of esters is 4. The molecule has 106 heavy (non-hydrogen) atoms. The van der Waals surface area contributed by atoms with E-state index in [9.17, 15) is 168 Å². The maximum absolute atomic E-state index is 15.1.